The zero-order chi connectivity index (χ0) is 11.1. The molecular weight excluding hydrogens is 231 g/mol. The van der Waals surface area contributed by atoms with Crippen LogP contribution in [-0.2, 0) is 19.1 Å². The van der Waals surface area contributed by atoms with Crippen molar-refractivity contribution in [1.29, 1.82) is 0 Å². The van der Waals surface area contributed by atoms with Crippen LogP contribution in [0.25, 0.3) is 0 Å². The number of esters is 2. The highest BCUT2D eigenvalue weighted by molar-refractivity contribution is 6.41. The Morgan fingerprint density at radius 3 is 1.43 bits per heavy atom. The van der Waals surface area contributed by atoms with E-state index in [1.54, 1.807) is 0 Å². The summed E-state index contributed by atoms with van der Waals surface area (Å²) >= 11 is 10.4. The lowest BCUT2D eigenvalue weighted by molar-refractivity contribution is -0.146. The number of hydrogen-bond acceptors (Lipinski definition) is 4. The predicted molar refractivity (Wildman–Crippen MR) is 51.9 cm³/mol. The quantitative estimate of drug-likeness (QED) is 0.415. The summed E-state index contributed by atoms with van der Waals surface area (Å²) in [6.07, 6.45) is 0. The standard InChI is InChI=1S/C8H8Cl2O4/c1-5(9)7(11)13-3-4-14-8(12)6(2)10/h1-4H2. The molecule has 0 rings (SSSR count). The molecule has 0 saturated carbocycles. The highest BCUT2D eigenvalue weighted by Crippen LogP contribution is 2.01. The van der Waals surface area contributed by atoms with E-state index in [9.17, 15) is 9.59 Å². The first-order valence-electron chi connectivity index (χ1n) is 3.48. The van der Waals surface area contributed by atoms with E-state index in [2.05, 4.69) is 22.6 Å². The van der Waals surface area contributed by atoms with E-state index in [0.717, 1.165) is 0 Å². The lowest BCUT2D eigenvalue weighted by atomic mass is 10.6. The molecule has 0 aliphatic heterocycles. The van der Waals surface area contributed by atoms with Gasteiger partial charge in [-0.25, -0.2) is 9.59 Å². The molecule has 0 aromatic rings. The lowest BCUT2D eigenvalue weighted by Crippen LogP contribution is -2.13. The molecule has 0 amide bonds. The lowest BCUT2D eigenvalue weighted by Gasteiger charge is -2.04. The maximum atomic E-state index is 10.7. The second-order valence-electron chi connectivity index (χ2n) is 2.08. The minimum absolute atomic E-state index is 0.111. The molecule has 0 aromatic heterocycles. The largest absolute Gasteiger partial charge is 0.458 e. The van der Waals surface area contributed by atoms with E-state index >= 15 is 0 Å². The fourth-order valence-electron chi connectivity index (χ4n) is 0.425. The van der Waals surface area contributed by atoms with E-state index in [0.29, 0.717) is 0 Å². The van der Waals surface area contributed by atoms with Crippen molar-refractivity contribution < 1.29 is 19.1 Å². The number of hydrogen-bond donors (Lipinski definition) is 0. The first kappa shape index (κ1) is 13.0. The van der Waals surface area contributed by atoms with Crippen LogP contribution < -0.4 is 0 Å². The Hall–Kier alpha value is -1.00. The van der Waals surface area contributed by atoms with E-state index in [-0.39, 0.29) is 23.3 Å². The average molecular weight is 239 g/mol. The zero-order valence-corrected chi connectivity index (χ0v) is 8.73. The molecule has 0 heterocycles. The van der Waals surface area contributed by atoms with Gasteiger partial charge in [-0.1, -0.05) is 36.4 Å². The molecule has 6 heteroatoms. The summed E-state index contributed by atoms with van der Waals surface area (Å²) in [5.74, 6) is -1.51. The van der Waals surface area contributed by atoms with Crippen molar-refractivity contribution in [3.05, 3.63) is 23.2 Å². The second kappa shape index (κ2) is 6.45. The van der Waals surface area contributed by atoms with E-state index < -0.39 is 11.9 Å². The van der Waals surface area contributed by atoms with Crippen LogP contribution in [0.5, 0.6) is 0 Å². The Bertz CT molecular complexity index is 245. The predicted octanol–water partition coefficient (Wildman–Crippen LogP) is 1.58. The molecule has 14 heavy (non-hydrogen) atoms. The molecule has 0 aromatic carbocycles. The van der Waals surface area contributed by atoms with Crippen LogP contribution in [-0.4, -0.2) is 25.2 Å². The first-order valence-corrected chi connectivity index (χ1v) is 4.23. The van der Waals surface area contributed by atoms with Crippen LogP contribution in [0.2, 0.25) is 0 Å². The van der Waals surface area contributed by atoms with Crippen LogP contribution in [0, 0.1) is 0 Å². The summed E-state index contributed by atoms with van der Waals surface area (Å²) in [5, 5.41) is -0.476. The van der Waals surface area contributed by atoms with Crippen molar-refractivity contribution in [2.24, 2.45) is 0 Å². The third-order valence-electron chi connectivity index (χ3n) is 0.993. The molecule has 4 nitrogen and oxygen atoms in total. The smallest absolute Gasteiger partial charge is 0.349 e. The topological polar surface area (TPSA) is 52.6 Å². The molecule has 0 spiro atoms. The van der Waals surface area contributed by atoms with E-state index in [1.165, 1.54) is 0 Å². The number of carbonyl (C=O) groups excluding carboxylic acids is 2. The van der Waals surface area contributed by atoms with Crippen molar-refractivity contribution in [3.63, 3.8) is 0 Å². The molecule has 0 aliphatic rings. The Balaban J connectivity index is 3.57. The van der Waals surface area contributed by atoms with Gasteiger partial charge < -0.3 is 9.47 Å². The normalized spacial score (nSPS) is 9.00. The fraction of sp³-hybridized carbons (Fsp3) is 0.250. The molecule has 0 bridgehead atoms. The molecule has 0 fully saturated rings. The third-order valence-corrected chi connectivity index (χ3v) is 1.30. The van der Waals surface area contributed by atoms with Gasteiger partial charge in [-0.2, -0.15) is 0 Å². The Morgan fingerprint density at radius 2 is 1.21 bits per heavy atom. The van der Waals surface area contributed by atoms with Crippen LogP contribution in [0.15, 0.2) is 23.2 Å². The monoisotopic (exact) mass is 238 g/mol. The SMILES string of the molecule is C=C(Cl)C(=O)OCCOC(=O)C(=C)Cl. The molecule has 0 radical (unpaired) electrons. The molecular formula is C8H8Cl2O4. The van der Waals surface area contributed by atoms with Gasteiger partial charge >= 0.3 is 11.9 Å². The highest BCUT2D eigenvalue weighted by Gasteiger charge is 2.07. The summed E-state index contributed by atoms with van der Waals surface area (Å²) < 4.78 is 9.03. The summed E-state index contributed by atoms with van der Waals surface area (Å²) in [6.45, 7) is 6.07. The molecule has 0 aliphatic carbocycles. The van der Waals surface area contributed by atoms with Crippen molar-refractivity contribution in [1.82, 2.24) is 0 Å². The van der Waals surface area contributed by atoms with Crippen molar-refractivity contribution in [2.45, 2.75) is 0 Å². The van der Waals surface area contributed by atoms with Crippen molar-refractivity contribution in [3.8, 4) is 0 Å². The fourth-order valence-corrected chi connectivity index (χ4v) is 0.534. The third kappa shape index (κ3) is 5.61. The van der Waals surface area contributed by atoms with Gasteiger partial charge in [0.1, 0.15) is 23.3 Å². The van der Waals surface area contributed by atoms with Gasteiger partial charge in [0.25, 0.3) is 0 Å². The van der Waals surface area contributed by atoms with Gasteiger partial charge in [0.05, 0.1) is 0 Å². The first-order chi connectivity index (χ1) is 6.45. The maximum Gasteiger partial charge on any atom is 0.349 e. The number of rotatable bonds is 5. The van der Waals surface area contributed by atoms with E-state index in [4.69, 9.17) is 23.2 Å². The van der Waals surface area contributed by atoms with Crippen molar-refractivity contribution in [2.75, 3.05) is 13.2 Å². The van der Waals surface area contributed by atoms with Crippen LogP contribution in [0.3, 0.4) is 0 Å². The Labute approximate surface area is 91.1 Å². The van der Waals surface area contributed by atoms with Gasteiger partial charge in [-0.15, -0.1) is 0 Å². The minimum atomic E-state index is -0.757. The van der Waals surface area contributed by atoms with E-state index in [1.807, 2.05) is 0 Å². The zero-order valence-electron chi connectivity index (χ0n) is 7.22. The molecule has 0 unspecified atom stereocenters. The maximum absolute atomic E-state index is 10.7. The van der Waals surface area contributed by atoms with Crippen LogP contribution >= 0.6 is 23.2 Å². The minimum Gasteiger partial charge on any atom is -0.458 e. The summed E-state index contributed by atoms with van der Waals surface area (Å²) in [6, 6.07) is 0. The number of carbonyl (C=O) groups is 2. The summed E-state index contributed by atoms with van der Waals surface area (Å²) in [7, 11) is 0. The van der Waals surface area contributed by atoms with Crippen molar-refractivity contribution >= 4 is 35.1 Å². The van der Waals surface area contributed by atoms with Crippen LogP contribution in [0.1, 0.15) is 0 Å². The Kier molecular flexibility index (Phi) is 5.99. The Morgan fingerprint density at radius 1 is 0.929 bits per heavy atom. The number of ether oxygens (including phenoxy) is 2. The average Bonchev–Trinajstić information content (AvgIpc) is 2.11. The van der Waals surface area contributed by atoms with Gasteiger partial charge in [0.15, 0.2) is 0 Å². The summed E-state index contributed by atoms with van der Waals surface area (Å²) in [5.41, 5.74) is 0. The van der Waals surface area contributed by atoms with Gasteiger partial charge in [-0.3, -0.25) is 0 Å². The number of halogens is 2. The second-order valence-corrected chi connectivity index (χ2v) is 2.99. The van der Waals surface area contributed by atoms with Gasteiger partial charge in [0, 0.05) is 0 Å². The van der Waals surface area contributed by atoms with Crippen LogP contribution in [0.4, 0.5) is 0 Å². The molecule has 0 saturated heterocycles. The van der Waals surface area contributed by atoms with Gasteiger partial charge in [-0.05, 0) is 0 Å². The summed E-state index contributed by atoms with van der Waals surface area (Å²) in [4.78, 5) is 21.4. The molecule has 0 atom stereocenters. The molecule has 78 valence electrons. The highest BCUT2D eigenvalue weighted by atomic mass is 35.5. The molecule has 0 N–H and O–H groups in total. The van der Waals surface area contributed by atoms with Gasteiger partial charge in [0.2, 0.25) is 0 Å².